The van der Waals surface area contributed by atoms with Gasteiger partial charge in [0, 0.05) is 11.6 Å². The monoisotopic (exact) mass is 541 g/mol. The van der Waals surface area contributed by atoms with Gasteiger partial charge in [-0.3, -0.25) is 0 Å². The first kappa shape index (κ1) is 24.1. The van der Waals surface area contributed by atoms with Crippen molar-refractivity contribution >= 4 is 22.6 Å². The van der Waals surface area contributed by atoms with Crippen LogP contribution in [0.4, 0.5) is 17.1 Å². The standard InChI is InChI=1S/C37H23N3O2/c38-22-24(23-39)36-26-9-1-3-11-28(26)37(29-12-4-2-10-27(29)36)30-13-5-7-15-32(30)40(33-16-8-6-14-31(33)37)25-17-18-34-35(21-25)42-20-19-41-34/h1-18,21H,19-20H2. The molecule has 3 aliphatic rings. The molecule has 5 nitrogen and oxygen atoms in total. The molecular weight excluding hydrogens is 518 g/mol. The van der Waals surface area contributed by atoms with Crippen LogP contribution in [0.15, 0.2) is 121 Å². The largest absolute Gasteiger partial charge is 0.486 e. The Labute approximate surface area is 243 Å². The molecule has 0 saturated heterocycles. The molecule has 5 aromatic carbocycles. The lowest BCUT2D eigenvalue weighted by Gasteiger charge is -2.49. The Morgan fingerprint density at radius 3 is 1.67 bits per heavy atom. The molecule has 1 spiro atoms. The topological polar surface area (TPSA) is 69.3 Å². The Hall–Kier alpha value is -5.78. The van der Waals surface area contributed by atoms with Gasteiger partial charge >= 0.3 is 0 Å². The zero-order valence-corrected chi connectivity index (χ0v) is 22.5. The minimum atomic E-state index is -0.690. The predicted molar refractivity (Wildman–Crippen MR) is 161 cm³/mol. The number of ether oxygens (including phenoxy) is 2. The van der Waals surface area contributed by atoms with E-state index in [-0.39, 0.29) is 5.57 Å². The SMILES string of the molecule is N#CC(C#N)=C1c2ccccc2C2(c3ccccc31)c1ccccc1N(c1ccc3c(c1)OCCO3)c1ccccc12. The molecular formula is C37H23N3O2. The molecule has 42 heavy (non-hydrogen) atoms. The molecule has 0 N–H and O–H groups in total. The molecule has 2 heterocycles. The Balaban J connectivity index is 1.50. The highest BCUT2D eigenvalue weighted by Crippen LogP contribution is 2.62. The van der Waals surface area contributed by atoms with Gasteiger partial charge in [0.25, 0.3) is 0 Å². The molecule has 0 saturated carbocycles. The van der Waals surface area contributed by atoms with Gasteiger partial charge in [-0.15, -0.1) is 0 Å². The summed E-state index contributed by atoms with van der Waals surface area (Å²) < 4.78 is 11.8. The van der Waals surface area contributed by atoms with Gasteiger partial charge in [0.05, 0.1) is 22.5 Å². The second kappa shape index (κ2) is 9.13. The number of benzene rings is 5. The molecule has 0 aromatic heterocycles. The fraction of sp³-hybridized carbons (Fsp3) is 0.0811. The fourth-order valence-electron chi connectivity index (χ4n) is 7.03. The highest BCUT2D eigenvalue weighted by molar-refractivity contribution is 5.98. The highest BCUT2D eigenvalue weighted by atomic mass is 16.6. The number of allylic oxidation sites excluding steroid dienone is 1. The van der Waals surface area contributed by atoms with Crippen LogP contribution in [0.3, 0.4) is 0 Å². The molecule has 0 amide bonds. The Morgan fingerprint density at radius 1 is 0.595 bits per heavy atom. The van der Waals surface area contributed by atoms with E-state index >= 15 is 0 Å². The molecule has 2 aliphatic heterocycles. The van der Waals surface area contributed by atoms with E-state index in [4.69, 9.17) is 9.47 Å². The van der Waals surface area contributed by atoms with Crippen LogP contribution < -0.4 is 14.4 Å². The highest BCUT2D eigenvalue weighted by Gasteiger charge is 2.51. The van der Waals surface area contributed by atoms with Crippen molar-refractivity contribution in [2.75, 3.05) is 18.1 Å². The second-order valence-corrected chi connectivity index (χ2v) is 10.5. The lowest BCUT2D eigenvalue weighted by Crippen LogP contribution is -2.40. The second-order valence-electron chi connectivity index (χ2n) is 10.5. The van der Waals surface area contributed by atoms with Gasteiger partial charge in [-0.2, -0.15) is 10.5 Å². The Bertz CT molecular complexity index is 1930. The molecule has 0 bridgehead atoms. The van der Waals surface area contributed by atoms with E-state index in [1.165, 1.54) is 0 Å². The summed E-state index contributed by atoms with van der Waals surface area (Å²) in [5, 5.41) is 20.1. The number of hydrogen-bond donors (Lipinski definition) is 0. The van der Waals surface area contributed by atoms with E-state index in [0.29, 0.717) is 18.8 Å². The van der Waals surface area contributed by atoms with Crippen molar-refractivity contribution in [3.05, 3.63) is 154 Å². The number of para-hydroxylation sites is 2. The first-order valence-electron chi connectivity index (χ1n) is 13.9. The van der Waals surface area contributed by atoms with Crippen LogP contribution in [0.5, 0.6) is 11.5 Å². The van der Waals surface area contributed by atoms with Gasteiger partial charge < -0.3 is 14.4 Å². The van der Waals surface area contributed by atoms with Gasteiger partial charge in [-0.05, 0) is 57.6 Å². The summed E-state index contributed by atoms with van der Waals surface area (Å²) in [5.41, 5.74) is 9.29. The first-order valence-corrected chi connectivity index (χ1v) is 13.9. The maximum absolute atomic E-state index is 10.0. The third-order valence-corrected chi connectivity index (χ3v) is 8.56. The van der Waals surface area contributed by atoms with Crippen molar-refractivity contribution in [1.29, 1.82) is 10.5 Å². The Morgan fingerprint density at radius 2 is 1.10 bits per heavy atom. The summed E-state index contributed by atoms with van der Waals surface area (Å²) in [5.74, 6) is 1.48. The lowest BCUT2D eigenvalue weighted by atomic mass is 9.56. The van der Waals surface area contributed by atoms with Gasteiger partial charge in [0.2, 0.25) is 0 Å². The number of fused-ring (bicyclic) bond motifs is 9. The molecule has 0 unspecified atom stereocenters. The number of hydrogen-bond acceptors (Lipinski definition) is 5. The van der Waals surface area contributed by atoms with Crippen molar-refractivity contribution in [3.8, 4) is 23.6 Å². The van der Waals surface area contributed by atoms with Gasteiger partial charge in [0.15, 0.2) is 11.5 Å². The minimum absolute atomic E-state index is 0.111. The van der Waals surface area contributed by atoms with E-state index in [1.54, 1.807) is 0 Å². The van der Waals surface area contributed by atoms with Gasteiger partial charge in [0.1, 0.15) is 30.9 Å². The van der Waals surface area contributed by atoms with Crippen LogP contribution in [-0.4, -0.2) is 13.2 Å². The van der Waals surface area contributed by atoms with Crippen LogP contribution >= 0.6 is 0 Å². The molecule has 198 valence electrons. The smallest absolute Gasteiger partial charge is 0.163 e. The average molecular weight is 542 g/mol. The van der Waals surface area contributed by atoms with Crippen molar-refractivity contribution in [2.45, 2.75) is 5.41 Å². The van der Waals surface area contributed by atoms with Crippen LogP contribution in [0.25, 0.3) is 5.57 Å². The van der Waals surface area contributed by atoms with Crippen molar-refractivity contribution < 1.29 is 9.47 Å². The normalized spacial score (nSPS) is 14.9. The van der Waals surface area contributed by atoms with E-state index in [9.17, 15) is 10.5 Å². The third-order valence-electron chi connectivity index (χ3n) is 8.56. The van der Waals surface area contributed by atoms with Gasteiger partial charge in [-0.1, -0.05) is 84.9 Å². The fourth-order valence-corrected chi connectivity index (χ4v) is 7.03. The zero-order chi connectivity index (χ0) is 28.3. The van der Waals surface area contributed by atoms with Crippen molar-refractivity contribution in [1.82, 2.24) is 0 Å². The predicted octanol–water partition coefficient (Wildman–Crippen LogP) is 7.79. The van der Waals surface area contributed by atoms with E-state index < -0.39 is 5.41 Å². The number of nitriles is 2. The zero-order valence-electron chi connectivity index (χ0n) is 22.5. The summed E-state index contributed by atoms with van der Waals surface area (Å²) in [6.45, 7) is 1.06. The summed E-state index contributed by atoms with van der Waals surface area (Å²) >= 11 is 0. The maximum atomic E-state index is 10.0. The van der Waals surface area contributed by atoms with Gasteiger partial charge in [-0.25, -0.2) is 0 Å². The summed E-state index contributed by atoms with van der Waals surface area (Å²) in [6.07, 6.45) is 0. The summed E-state index contributed by atoms with van der Waals surface area (Å²) in [4.78, 5) is 2.29. The number of anilines is 3. The van der Waals surface area contributed by atoms with E-state index in [1.807, 2.05) is 42.5 Å². The van der Waals surface area contributed by atoms with E-state index in [0.717, 1.165) is 61.9 Å². The molecule has 0 fully saturated rings. The number of rotatable bonds is 1. The third kappa shape index (κ3) is 3.11. The van der Waals surface area contributed by atoms with Crippen LogP contribution in [-0.2, 0) is 5.41 Å². The van der Waals surface area contributed by atoms with Crippen molar-refractivity contribution in [3.63, 3.8) is 0 Å². The van der Waals surface area contributed by atoms with Crippen LogP contribution in [0, 0.1) is 22.7 Å². The van der Waals surface area contributed by atoms with Crippen LogP contribution in [0.1, 0.15) is 33.4 Å². The molecule has 5 aromatic rings. The summed E-state index contributed by atoms with van der Waals surface area (Å²) in [7, 11) is 0. The molecule has 5 heteroatoms. The molecule has 1 aliphatic carbocycles. The van der Waals surface area contributed by atoms with E-state index in [2.05, 4.69) is 89.8 Å². The Kier molecular flexibility index (Phi) is 5.23. The summed E-state index contributed by atoms with van der Waals surface area (Å²) in [6, 6.07) is 43.9. The molecule has 0 radical (unpaired) electrons. The first-order chi connectivity index (χ1) is 20.8. The quantitative estimate of drug-likeness (QED) is 0.199. The molecule has 8 rings (SSSR count). The average Bonchev–Trinajstić information content (AvgIpc) is 3.06. The number of nitrogens with zero attached hydrogens (tertiary/aromatic N) is 3. The lowest BCUT2D eigenvalue weighted by molar-refractivity contribution is 0.171. The minimum Gasteiger partial charge on any atom is -0.486 e. The maximum Gasteiger partial charge on any atom is 0.163 e. The van der Waals surface area contributed by atoms with Crippen molar-refractivity contribution in [2.24, 2.45) is 0 Å². The van der Waals surface area contributed by atoms with Crippen LogP contribution in [0.2, 0.25) is 0 Å². The molecule has 0 atom stereocenters.